The predicted octanol–water partition coefficient (Wildman–Crippen LogP) is 16.9. The highest BCUT2D eigenvalue weighted by Gasteiger charge is 2.53. The van der Waals surface area contributed by atoms with Gasteiger partial charge in [0.05, 0.1) is 5.41 Å². The van der Waals surface area contributed by atoms with Crippen molar-refractivity contribution in [2.24, 2.45) is 0 Å². The molecule has 14 rings (SSSR count). The maximum absolute atomic E-state index is 2.53. The first kappa shape index (κ1) is 35.3. The van der Waals surface area contributed by atoms with Crippen molar-refractivity contribution in [2.45, 2.75) is 5.41 Å². The Morgan fingerprint density at radius 3 is 1.58 bits per heavy atom. The molecule has 0 radical (unpaired) electrons. The van der Waals surface area contributed by atoms with Crippen molar-refractivity contribution in [2.75, 3.05) is 4.90 Å². The Balaban J connectivity index is 1.03. The fourth-order valence-electron chi connectivity index (χ4n) is 11.8. The van der Waals surface area contributed by atoms with E-state index in [1.54, 1.807) is 0 Å². The van der Waals surface area contributed by atoms with Gasteiger partial charge in [-0.05, 0) is 164 Å². The molecule has 2 aliphatic carbocycles. The van der Waals surface area contributed by atoms with Gasteiger partial charge in [-0.25, -0.2) is 0 Å². The summed E-state index contributed by atoms with van der Waals surface area (Å²) in [6.45, 7) is 0. The van der Waals surface area contributed by atoms with E-state index in [0.717, 1.165) is 17.1 Å². The topological polar surface area (TPSA) is 3.24 Å². The van der Waals surface area contributed by atoms with Crippen LogP contribution >= 0.6 is 0 Å². The molecule has 0 atom stereocenters. The van der Waals surface area contributed by atoms with E-state index in [-0.39, 0.29) is 0 Å². The lowest BCUT2D eigenvalue weighted by Gasteiger charge is -2.32. The fourth-order valence-corrected chi connectivity index (χ4v) is 11.8. The van der Waals surface area contributed by atoms with E-state index in [1.165, 1.54) is 110 Å². The van der Waals surface area contributed by atoms with Crippen LogP contribution in [0.2, 0.25) is 0 Å². The van der Waals surface area contributed by atoms with E-state index in [9.17, 15) is 0 Å². The highest BCUT2D eigenvalue weighted by Crippen LogP contribution is 2.66. The van der Waals surface area contributed by atoms with E-state index in [1.807, 2.05) is 0 Å². The van der Waals surface area contributed by atoms with Crippen LogP contribution in [0.25, 0.3) is 87.6 Å². The first-order valence-electron chi connectivity index (χ1n) is 22.3. The second-order valence-electron chi connectivity index (χ2n) is 17.5. The summed E-state index contributed by atoms with van der Waals surface area (Å²) in [5, 5.41) is 10.4. The number of rotatable bonds is 5. The summed E-state index contributed by atoms with van der Waals surface area (Å²) in [6.07, 6.45) is 0. The molecule has 0 bridgehead atoms. The van der Waals surface area contributed by atoms with Crippen molar-refractivity contribution in [3.05, 3.63) is 259 Å². The van der Waals surface area contributed by atoms with Crippen molar-refractivity contribution < 1.29 is 0 Å². The zero-order valence-electron chi connectivity index (χ0n) is 35.0. The summed E-state index contributed by atoms with van der Waals surface area (Å²) in [6, 6.07) is 88.3. The minimum Gasteiger partial charge on any atom is -0.311 e. The summed E-state index contributed by atoms with van der Waals surface area (Å²) < 4.78 is 0. The number of nitrogens with zero attached hydrogens (tertiary/aromatic N) is 1. The predicted molar refractivity (Wildman–Crippen MR) is 270 cm³/mol. The average Bonchev–Trinajstić information content (AvgIpc) is 3.84. The summed E-state index contributed by atoms with van der Waals surface area (Å²) in [7, 11) is 0. The number of benzene rings is 12. The lowest BCUT2D eigenvalue weighted by atomic mass is 9.68. The van der Waals surface area contributed by atoms with Gasteiger partial charge in [0.2, 0.25) is 0 Å². The minimum absolute atomic E-state index is 0.529. The standard InChI is InChI=1S/C63H39N/c1-3-18-46(19-4-1)64(47-20-5-2-6-21-47)48-34-31-41(32-35-48)43-33-36-52-58(39-43)63(56-27-11-9-22-49(56)50-23-10-12-28-57(50)63)62-54-26-14-24-51-55(44-30-29-40-15-7-8-16-42(40)37-44)38-45-17-13-25-53(61(52)62)59(45)60(51)54/h1-39H. The number of anilines is 3. The molecule has 1 nitrogen and oxygen atoms in total. The third-order valence-electron chi connectivity index (χ3n) is 14.4. The molecular formula is C63H39N. The van der Waals surface area contributed by atoms with Crippen molar-refractivity contribution in [1.82, 2.24) is 0 Å². The lowest BCUT2D eigenvalue weighted by Crippen LogP contribution is -2.26. The monoisotopic (exact) mass is 809 g/mol. The summed E-state index contributed by atoms with van der Waals surface area (Å²) in [4.78, 5) is 2.33. The van der Waals surface area contributed by atoms with Gasteiger partial charge in [-0.3, -0.25) is 0 Å². The number of fused-ring (bicyclic) bond motifs is 13. The summed E-state index contributed by atoms with van der Waals surface area (Å²) in [5.41, 5.74) is 18.5. The van der Waals surface area contributed by atoms with E-state index in [0.29, 0.717) is 0 Å². The van der Waals surface area contributed by atoms with Gasteiger partial charge in [-0.2, -0.15) is 0 Å². The summed E-state index contributed by atoms with van der Waals surface area (Å²) >= 11 is 0. The van der Waals surface area contributed by atoms with Gasteiger partial charge in [0, 0.05) is 17.1 Å². The quantitative estimate of drug-likeness (QED) is 0.157. The number of hydrogen-bond donors (Lipinski definition) is 0. The normalized spacial score (nSPS) is 13.1. The molecule has 296 valence electrons. The SMILES string of the molecule is c1ccc(N(c2ccccc2)c2ccc(-c3ccc4c(c3)C3(c5ccccc5-c5ccccc53)c3c-4c4cccc5cc(-c6ccc7ccccc7c6)c6cccc3c6c54)cc2)cc1. The highest BCUT2D eigenvalue weighted by molar-refractivity contribution is 6.31. The van der Waals surface area contributed by atoms with Crippen LogP contribution in [-0.2, 0) is 5.41 Å². The zero-order chi connectivity index (χ0) is 41.9. The first-order valence-corrected chi connectivity index (χ1v) is 22.3. The molecule has 0 N–H and O–H groups in total. The highest BCUT2D eigenvalue weighted by atomic mass is 15.1. The molecule has 1 spiro atoms. The molecule has 0 aliphatic heterocycles. The molecule has 64 heavy (non-hydrogen) atoms. The zero-order valence-corrected chi connectivity index (χ0v) is 35.0. The van der Waals surface area contributed by atoms with Crippen molar-refractivity contribution in [3.8, 4) is 44.5 Å². The van der Waals surface area contributed by atoms with Crippen LogP contribution in [0.3, 0.4) is 0 Å². The van der Waals surface area contributed by atoms with E-state index in [2.05, 4.69) is 241 Å². The maximum atomic E-state index is 2.53. The van der Waals surface area contributed by atoms with Crippen LogP contribution in [0.15, 0.2) is 237 Å². The third-order valence-corrected chi connectivity index (χ3v) is 14.4. The molecule has 0 aromatic heterocycles. The van der Waals surface area contributed by atoms with Gasteiger partial charge in [-0.15, -0.1) is 0 Å². The third kappa shape index (κ3) is 4.79. The molecule has 0 fully saturated rings. The molecule has 2 aliphatic rings. The van der Waals surface area contributed by atoms with E-state index < -0.39 is 5.41 Å². The van der Waals surface area contributed by atoms with Crippen LogP contribution in [0, 0.1) is 0 Å². The van der Waals surface area contributed by atoms with Gasteiger partial charge in [0.15, 0.2) is 0 Å². The minimum atomic E-state index is -0.529. The Labute approximate surface area is 372 Å². The molecular weight excluding hydrogens is 771 g/mol. The smallest absolute Gasteiger partial charge is 0.0731 e. The number of para-hydroxylation sites is 2. The van der Waals surface area contributed by atoms with Gasteiger partial charge in [-0.1, -0.05) is 182 Å². The van der Waals surface area contributed by atoms with Crippen molar-refractivity contribution in [3.63, 3.8) is 0 Å². The van der Waals surface area contributed by atoms with E-state index >= 15 is 0 Å². The maximum Gasteiger partial charge on any atom is 0.0731 e. The van der Waals surface area contributed by atoms with Crippen LogP contribution in [0.4, 0.5) is 17.1 Å². The second-order valence-corrected chi connectivity index (χ2v) is 17.5. The van der Waals surface area contributed by atoms with E-state index in [4.69, 9.17) is 0 Å². The van der Waals surface area contributed by atoms with Crippen LogP contribution in [0.1, 0.15) is 22.3 Å². The van der Waals surface area contributed by atoms with Gasteiger partial charge in [0.1, 0.15) is 0 Å². The van der Waals surface area contributed by atoms with Crippen LogP contribution < -0.4 is 4.90 Å². The Hall–Kier alpha value is -8.26. The first-order chi connectivity index (χ1) is 31.8. The lowest BCUT2D eigenvalue weighted by molar-refractivity contribution is 0.802. The molecule has 1 heteroatoms. The molecule has 12 aromatic carbocycles. The molecule has 0 heterocycles. The molecule has 0 saturated heterocycles. The Kier molecular flexibility index (Phi) is 7.38. The average molecular weight is 810 g/mol. The van der Waals surface area contributed by atoms with Crippen LogP contribution in [-0.4, -0.2) is 0 Å². The molecule has 12 aromatic rings. The van der Waals surface area contributed by atoms with Crippen molar-refractivity contribution in [1.29, 1.82) is 0 Å². The Morgan fingerprint density at radius 1 is 0.281 bits per heavy atom. The molecule has 0 unspecified atom stereocenters. The van der Waals surface area contributed by atoms with Gasteiger partial charge < -0.3 is 4.90 Å². The second kappa shape index (κ2) is 13.4. The fraction of sp³-hybridized carbons (Fsp3) is 0.0159. The Morgan fingerprint density at radius 2 is 0.844 bits per heavy atom. The Bertz CT molecular complexity index is 3740. The molecule has 0 saturated carbocycles. The van der Waals surface area contributed by atoms with Gasteiger partial charge in [0.25, 0.3) is 0 Å². The summed E-state index contributed by atoms with van der Waals surface area (Å²) in [5.74, 6) is 0. The largest absolute Gasteiger partial charge is 0.311 e. The number of hydrogen-bond acceptors (Lipinski definition) is 1. The van der Waals surface area contributed by atoms with Crippen molar-refractivity contribution >= 4 is 60.2 Å². The van der Waals surface area contributed by atoms with Gasteiger partial charge >= 0.3 is 0 Å². The van der Waals surface area contributed by atoms with Crippen LogP contribution in [0.5, 0.6) is 0 Å². The molecule has 0 amide bonds.